The monoisotopic (exact) mass is 654 g/mol. The molecule has 14 nitrogen and oxygen atoms in total. The number of aromatic nitrogens is 2. The van der Waals surface area contributed by atoms with Gasteiger partial charge in [0.25, 0.3) is 0 Å². The van der Waals surface area contributed by atoms with Gasteiger partial charge in [-0.3, -0.25) is 10.1 Å². The van der Waals surface area contributed by atoms with Crippen LogP contribution in [-0.4, -0.2) is 89.2 Å². The number of nitrogens with zero attached hydrogens (tertiary/aromatic N) is 7. The second-order valence-electron chi connectivity index (χ2n) is 11.0. The summed E-state index contributed by atoms with van der Waals surface area (Å²) in [5.74, 6) is 1.12. The minimum absolute atomic E-state index is 0.0254. The van der Waals surface area contributed by atoms with E-state index in [1.54, 1.807) is 22.1 Å². The Bertz CT molecular complexity index is 1650. The van der Waals surface area contributed by atoms with Gasteiger partial charge in [-0.1, -0.05) is 60.7 Å². The number of anilines is 3. The molecular formula is C34H38N8O6. The van der Waals surface area contributed by atoms with Crippen molar-refractivity contribution in [2.45, 2.75) is 13.2 Å². The van der Waals surface area contributed by atoms with Crippen molar-refractivity contribution in [2.24, 2.45) is 0 Å². The first-order valence-electron chi connectivity index (χ1n) is 15.6. The van der Waals surface area contributed by atoms with Gasteiger partial charge >= 0.3 is 17.9 Å². The fraction of sp³-hybridized carbons (Fsp3) is 0.294. The molecule has 4 aromatic rings. The maximum absolute atomic E-state index is 12.2. The molecule has 0 aliphatic carbocycles. The van der Waals surface area contributed by atoms with Crippen molar-refractivity contribution in [2.75, 3.05) is 67.9 Å². The van der Waals surface area contributed by atoms with Crippen LogP contribution in [0, 0.1) is 10.1 Å². The van der Waals surface area contributed by atoms with Crippen LogP contribution >= 0.6 is 0 Å². The summed E-state index contributed by atoms with van der Waals surface area (Å²) in [7, 11) is 0. The van der Waals surface area contributed by atoms with Crippen LogP contribution in [0.15, 0.2) is 97.3 Å². The molecule has 0 spiro atoms. The first-order chi connectivity index (χ1) is 23.4. The van der Waals surface area contributed by atoms with E-state index >= 15 is 0 Å². The Hall–Kier alpha value is -5.92. The van der Waals surface area contributed by atoms with Crippen LogP contribution in [0.1, 0.15) is 11.1 Å². The summed E-state index contributed by atoms with van der Waals surface area (Å²) in [4.78, 5) is 50.6. The van der Waals surface area contributed by atoms with E-state index in [4.69, 9.17) is 15.2 Å². The topological polar surface area (TPSA) is 160 Å². The van der Waals surface area contributed by atoms with E-state index in [9.17, 15) is 19.7 Å². The van der Waals surface area contributed by atoms with Gasteiger partial charge in [-0.2, -0.15) is 0 Å². The summed E-state index contributed by atoms with van der Waals surface area (Å²) in [6.07, 6.45) is 2.61. The number of ether oxygens (including phenoxy) is 2. The number of carbonyl (C=O) groups is 2. The molecule has 0 radical (unpaired) electrons. The highest BCUT2D eigenvalue weighted by Gasteiger charge is 2.27. The van der Waals surface area contributed by atoms with Crippen LogP contribution in [0.3, 0.4) is 0 Å². The Morgan fingerprint density at radius 2 is 1.08 bits per heavy atom. The third-order valence-electron chi connectivity index (χ3n) is 7.86. The summed E-state index contributed by atoms with van der Waals surface area (Å²) >= 11 is 0. The maximum Gasteiger partial charge on any atom is 0.410 e. The van der Waals surface area contributed by atoms with E-state index in [-0.39, 0.29) is 24.5 Å². The molecule has 6 rings (SSSR count). The first-order valence-corrected chi connectivity index (χ1v) is 15.6. The van der Waals surface area contributed by atoms with Crippen molar-refractivity contribution in [3.05, 3.63) is 119 Å². The largest absolute Gasteiger partial charge is 0.445 e. The molecule has 2 fully saturated rings. The predicted octanol–water partition coefficient (Wildman–Crippen LogP) is 4.57. The summed E-state index contributed by atoms with van der Waals surface area (Å²) in [5.41, 5.74) is 8.50. The lowest BCUT2D eigenvalue weighted by Gasteiger charge is -2.35. The molecule has 48 heavy (non-hydrogen) atoms. The Morgan fingerprint density at radius 1 is 0.646 bits per heavy atom. The second-order valence-corrected chi connectivity index (χ2v) is 11.0. The number of rotatable bonds is 7. The first kappa shape index (κ1) is 33.4. The van der Waals surface area contributed by atoms with Gasteiger partial charge in [0, 0.05) is 70.8 Å². The van der Waals surface area contributed by atoms with E-state index in [2.05, 4.69) is 14.9 Å². The second kappa shape index (κ2) is 16.6. The number of amides is 2. The molecule has 2 aliphatic rings. The van der Waals surface area contributed by atoms with Crippen LogP contribution in [-0.2, 0) is 22.7 Å². The van der Waals surface area contributed by atoms with E-state index < -0.39 is 4.92 Å². The highest BCUT2D eigenvalue weighted by molar-refractivity contribution is 5.69. The summed E-state index contributed by atoms with van der Waals surface area (Å²) in [6.45, 7) is 4.93. The Labute approximate surface area is 278 Å². The number of nitro groups is 1. The molecule has 2 amide bonds. The summed E-state index contributed by atoms with van der Waals surface area (Å²) in [6, 6.07) is 25.8. The lowest BCUT2D eigenvalue weighted by atomic mass is 10.2. The van der Waals surface area contributed by atoms with Crippen LogP contribution in [0.5, 0.6) is 0 Å². The molecule has 0 unspecified atom stereocenters. The van der Waals surface area contributed by atoms with Crippen molar-refractivity contribution < 1.29 is 24.0 Å². The van der Waals surface area contributed by atoms with Crippen LogP contribution in [0.25, 0.3) is 0 Å². The lowest BCUT2D eigenvalue weighted by Crippen LogP contribution is -2.49. The maximum atomic E-state index is 12.2. The molecule has 2 N–H and O–H groups in total. The Balaban J connectivity index is 0.000000188. The van der Waals surface area contributed by atoms with Crippen molar-refractivity contribution in [1.82, 2.24) is 19.8 Å². The molecule has 2 saturated heterocycles. The van der Waals surface area contributed by atoms with Gasteiger partial charge in [0.2, 0.25) is 5.82 Å². The fourth-order valence-corrected chi connectivity index (χ4v) is 5.27. The van der Waals surface area contributed by atoms with Gasteiger partial charge in [-0.15, -0.1) is 0 Å². The minimum atomic E-state index is -0.442. The zero-order valence-electron chi connectivity index (χ0n) is 26.5. The normalized spacial score (nSPS) is 14.4. The van der Waals surface area contributed by atoms with Gasteiger partial charge in [-0.05, 0) is 29.3 Å². The number of piperazine rings is 2. The Morgan fingerprint density at radius 3 is 1.54 bits per heavy atom. The molecule has 2 aromatic carbocycles. The number of hydrogen-bond acceptors (Lipinski definition) is 11. The molecule has 0 saturated carbocycles. The van der Waals surface area contributed by atoms with Crippen molar-refractivity contribution in [3.63, 3.8) is 0 Å². The average molecular weight is 655 g/mol. The van der Waals surface area contributed by atoms with Gasteiger partial charge in [0.15, 0.2) is 5.82 Å². The quantitative estimate of drug-likeness (QED) is 0.220. The van der Waals surface area contributed by atoms with Gasteiger partial charge < -0.3 is 34.8 Å². The van der Waals surface area contributed by atoms with E-state index in [1.165, 1.54) is 12.3 Å². The van der Waals surface area contributed by atoms with Crippen LogP contribution in [0.4, 0.5) is 32.6 Å². The highest BCUT2D eigenvalue weighted by Crippen LogP contribution is 2.26. The average Bonchev–Trinajstić information content (AvgIpc) is 3.14. The number of carbonyl (C=O) groups excluding carboxylic acids is 2. The highest BCUT2D eigenvalue weighted by atomic mass is 16.6. The zero-order chi connectivity index (χ0) is 33.7. The molecule has 0 bridgehead atoms. The lowest BCUT2D eigenvalue weighted by molar-refractivity contribution is -0.384. The van der Waals surface area contributed by atoms with Crippen molar-refractivity contribution >= 4 is 35.2 Å². The summed E-state index contributed by atoms with van der Waals surface area (Å²) in [5, 5.41) is 11.1. The molecular weight excluding hydrogens is 616 g/mol. The fourth-order valence-electron chi connectivity index (χ4n) is 5.27. The van der Waals surface area contributed by atoms with Crippen molar-refractivity contribution in [1.29, 1.82) is 0 Å². The van der Waals surface area contributed by atoms with Crippen molar-refractivity contribution in [3.8, 4) is 0 Å². The third-order valence-corrected chi connectivity index (χ3v) is 7.86. The molecule has 2 aliphatic heterocycles. The predicted molar refractivity (Wildman–Crippen MR) is 180 cm³/mol. The van der Waals surface area contributed by atoms with Gasteiger partial charge in [0.05, 0.1) is 10.6 Å². The van der Waals surface area contributed by atoms with Crippen LogP contribution in [0.2, 0.25) is 0 Å². The minimum Gasteiger partial charge on any atom is -0.445 e. The Kier molecular flexibility index (Phi) is 11.6. The van der Waals surface area contributed by atoms with Gasteiger partial charge in [0.1, 0.15) is 13.2 Å². The number of hydrogen-bond donors (Lipinski definition) is 1. The number of nitrogens with two attached hydrogens (primary N) is 1. The summed E-state index contributed by atoms with van der Waals surface area (Å²) < 4.78 is 10.7. The van der Waals surface area contributed by atoms with E-state index in [1.807, 2.05) is 77.7 Å². The zero-order valence-corrected chi connectivity index (χ0v) is 26.5. The molecule has 0 atom stereocenters. The van der Waals surface area contributed by atoms with Crippen LogP contribution < -0.4 is 15.5 Å². The van der Waals surface area contributed by atoms with E-state index in [0.29, 0.717) is 70.5 Å². The number of benzene rings is 2. The number of pyridine rings is 2. The smallest absolute Gasteiger partial charge is 0.410 e. The van der Waals surface area contributed by atoms with E-state index in [0.717, 1.165) is 16.9 Å². The standard InChI is InChI=1S/C17H18N4O4.C17H20N4O2/c22-17(25-13-14-5-2-1-3-6-14)20-11-9-19(10-12-20)16-15(21(23)24)7-4-8-18-16;18-15-7-4-8-19-16(15)20-9-11-21(12-10-20)17(22)23-13-14-5-2-1-3-6-14/h1-8H,9-13H2;1-8H,9-13,18H2. The third kappa shape index (κ3) is 9.09. The van der Waals surface area contributed by atoms with Gasteiger partial charge in [-0.25, -0.2) is 19.6 Å². The number of nitrogen functional groups attached to an aromatic ring is 1. The molecule has 4 heterocycles. The SMILES string of the molecule is Nc1cccnc1N1CCN(C(=O)OCc2ccccc2)CC1.O=C(OCc1ccccc1)N1CCN(c2ncccc2[N+](=O)[O-])CC1. The molecule has 2 aromatic heterocycles. The molecule has 14 heteroatoms. The molecule has 250 valence electrons.